The fourth-order valence-electron chi connectivity index (χ4n) is 2.46. The first-order valence-corrected chi connectivity index (χ1v) is 7.18. The number of hydrogen-bond donors (Lipinski definition) is 0. The molecular weight excluding hydrogens is 301 g/mol. The summed E-state index contributed by atoms with van der Waals surface area (Å²) >= 11 is 5.87. The Labute approximate surface area is 128 Å². The van der Waals surface area contributed by atoms with Crippen LogP contribution in [0.2, 0.25) is 5.02 Å². The summed E-state index contributed by atoms with van der Waals surface area (Å²) in [5.74, 6) is -0.258. The standard InChI is InChI=1S/C16H20ClF3O/c1-10(9-15(2,3)4)7-14(21)12-8-11(16(18,19)20)5-6-13(12)17/h5-6,8,10H,7,9H2,1-4H3. The van der Waals surface area contributed by atoms with Gasteiger partial charge in [0.25, 0.3) is 0 Å². The molecule has 0 fully saturated rings. The van der Waals surface area contributed by atoms with E-state index in [9.17, 15) is 18.0 Å². The third-order valence-corrected chi connectivity index (χ3v) is 3.42. The topological polar surface area (TPSA) is 17.1 Å². The number of halogens is 4. The summed E-state index contributed by atoms with van der Waals surface area (Å²) in [5, 5.41) is 0.0657. The van der Waals surface area contributed by atoms with Gasteiger partial charge in [-0.2, -0.15) is 13.2 Å². The molecule has 118 valence electrons. The number of carbonyl (C=O) groups excluding carboxylic acids is 1. The van der Waals surface area contributed by atoms with Crippen molar-refractivity contribution < 1.29 is 18.0 Å². The minimum Gasteiger partial charge on any atom is -0.294 e. The minimum atomic E-state index is -4.48. The highest BCUT2D eigenvalue weighted by Gasteiger charge is 2.31. The van der Waals surface area contributed by atoms with Crippen molar-refractivity contribution >= 4 is 17.4 Å². The average molecular weight is 321 g/mol. The van der Waals surface area contributed by atoms with Gasteiger partial charge in [-0.3, -0.25) is 4.79 Å². The SMILES string of the molecule is CC(CC(=O)c1cc(C(F)(F)F)ccc1Cl)CC(C)(C)C. The van der Waals surface area contributed by atoms with Gasteiger partial charge < -0.3 is 0 Å². The zero-order chi connectivity index (χ0) is 16.4. The largest absolute Gasteiger partial charge is 0.416 e. The molecule has 0 aliphatic rings. The van der Waals surface area contributed by atoms with Crippen molar-refractivity contribution in [3.05, 3.63) is 34.3 Å². The molecule has 1 atom stereocenters. The van der Waals surface area contributed by atoms with Crippen molar-refractivity contribution in [1.29, 1.82) is 0 Å². The van der Waals surface area contributed by atoms with Crippen molar-refractivity contribution in [3.63, 3.8) is 0 Å². The van der Waals surface area contributed by atoms with E-state index < -0.39 is 11.7 Å². The van der Waals surface area contributed by atoms with Gasteiger partial charge in [0.2, 0.25) is 0 Å². The zero-order valence-electron chi connectivity index (χ0n) is 12.6. The van der Waals surface area contributed by atoms with Gasteiger partial charge in [-0.15, -0.1) is 0 Å². The summed E-state index contributed by atoms with van der Waals surface area (Å²) in [7, 11) is 0. The van der Waals surface area contributed by atoms with E-state index in [1.807, 2.05) is 6.92 Å². The molecule has 1 aromatic carbocycles. The Bertz CT molecular complexity index is 515. The van der Waals surface area contributed by atoms with Crippen LogP contribution < -0.4 is 0 Å². The highest BCUT2D eigenvalue weighted by atomic mass is 35.5. The van der Waals surface area contributed by atoms with E-state index in [1.165, 1.54) is 0 Å². The molecule has 5 heteroatoms. The van der Waals surface area contributed by atoms with Crippen LogP contribution in [0, 0.1) is 11.3 Å². The van der Waals surface area contributed by atoms with Crippen LogP contribution in [0.15, 0.2) is 18.2 Å². The fourth-order valence-corrected chi connectivity index (χ4v) is 2.68. The Morgan fingerprint density at radius 2 is 1.81 bits per heavy atom. The number of rotatable bonds is 4. The number of alkyl halides is 3. The van der Waals surface area contributed by atoms with Crippen LogP contribution in [0.25, 0.3) is 0 Å². The molecule has 1 unspecified atom stereocenters. The first kappa shape index (κ1) is 18.0. The third kappa shape index (κ3) is 5.70. The number of Topliss-reactive ketones (excluding diaryl/α,β-unsaturated/α-hetero) is 1. The van der Waals surface area contributed by atoms with E-state index in [-0.39, 0.29) is 34.1 Å². The first-order valence-electron chi connectivity index (χ1n) is 6.80. The molecule has 1 aromatic rings. The van der Waals surface area contributed by atoms with Crippen LogP contribution in [0.3, 0.4) is 0 Å². The molecule has 0 spiro atoms. The summed E-state index contributed by atoms with van der Waals surface area (Å²) in [6.07, 6.45) is -3.47. The average Bonchev–Trinajstić information content (AvgIpc) is 2.24. The predicted molar refractivity (Wildman–Crippen MR) is 78.6 cm³/mol. The van der Waals surface area contributed by atoms with E-state index in [0.29, 0.717) is 0 Å². The van der Waals surface area contributed by atoms with Gasteiger partial charge in [0.1, 0.15) is 0 Å². The lowest BCUT2D eigenvalue weighted by atomic mass is 9.83. The number of carbonyl (C=O) groups is 1. The van der Waals surface area contributed by atoms with Crippen molar-refractivity contribution in [2.24, 2.45) is 11.3 Å². The second-order valence-corrected chi connectivity index (χ2v) is 7.10. The maximum atomic E-state index is 12.7. The summed E-state index contributed by atoms with van der Waals surface area (Å²) in [6.45, 7) is 8.10. The highest BCUT2D eigenvalue weighted by Crippen LogP contribution is 2.33. The molecule has 0 heterocycles. The van der Waals surface area contributed by atoms with Crippen molar-refractivity contribution in [2.45, 2.75) is 46.7 Å². The van der Waals surface area contributed by atoms with Crippen LogP contribution in [0.5, 0.6) is 0 Å². The lowest BCUT2D eigenvalue weighted by molar-refractivity contribution is -0.137. The van der Waals surface area contributed by atoms with Gasteiger partial charge >= 0.3 is 6.18 Å². The van der Waals surface area contributed by atoms with E-state index in [2.05, 4.69) is 20.8 Å². The normalized spacial score (nSPS) is 14.1. The van der Waals surface area contributed by atoms with Gasteiger partial charge in [0, 0.05) is 12.0 Å². The molecule has 1 rings (SSSR count). The Kier molecular flexibility index (Phi) is 5.48. The summed E-state index contributed by atoms with van der Waals surface area (Å²) < 4.78 is 38.1. The number of hydrogen-bond acceptors (Lipinski definition) is 1. The van der Waals surface area contributed by atoms with E-state index in [1.54, 1.807) is 0 Å². The molecule has 0 aromatic heterocycles. The number of ketones is 1. The van der Waals surface area contributed by atoms with Crippen LogP contribution in [-0.4, -0.2) is 5.78 Å². The Morgan fingerprint density at radius 3 is 2.29 bits per heavy atom. The molecule has 0 saturated carbocycles. The lowest BCUT2D eigenvalue weighted by Gasteiger charge is -2.23. The van der Waals surface area contributed by atoms with Crippen LogP contribution in [-0.2, 0) is 6.18 Å². The van der Waals surface area contributed by atoms with E-state index in [0.717, 1.165) is 24.6 Å². The van der Waals surface area contributed by atoms with Crippen molar-refractivity contribution in [1.82, 2.24) is 0 Å². The minimum absolute atomic E-state index is 0.0488. The molecule has 0 aliphatic carbocycles. The lowest BCUT2D eigenvalue weighted by Crippen LogP contribution is -2.15. The second-order valence-electron chi connectivity index (χ2n) is 6.69. The molecule has 0 amide bonds. The quantitative estimate of drug-likeness (QED) is 0.621. The molecule has 0 saturated heterocycles. The smallest absolute Gasteiger partial charge is 0.294 e. The van der Waals surface area contributed by atoms with E-state index >= 15 is 0 Å². The van der Waals surface area contributed by atoms with Crippen LogP contribution in [0.4, 0.5) is 13.2 Å². The third-order valence-electron chi connectivity index (χ3n) is 3.09. The summed E-state index contributed by atoms with van der Waals surface area (Å²) in [6, 6.07) is 2.86. The predicted octanol–water partition coefficient (Wildman–Crippen LogP) is 6.00. The summed E-state index contributed by atoms with van der Waals surface area (Å²) in [5.41, 5.74) is -0.830. The maximum absolute atomic E-state index is 12.7. The van der Waals surface area contributed by atoms with Gasteiger partial charge in [0.05, 0.1) is 10.6 Å². The monoisotopic (exact) mass is 320 g/mol. The Balaban J connectivity index is 2.92. The van der Waals surface area contributed by atoms with Crippen molar-refractivity contribution in [2.75, 3.05) is 0 Å². The Hall–Kier alpha value is -1.03. The molecule has 0 N–H and O–H groups in total. The fraction of sp³-hybridized carbons (Fsp3) is 0.562. The Morgan fingerprint density at radius 1 is 1.24 bits per heavy atom. The number of benzene rings is 1. The van der Waals surface area contributed by atoms with Crippen LogP contribution >= 0.6 is 11.6 Å². The molecule has 1 nitrogen and oxygen atoms in total. The van der Waals surface area contributed by atoms with Gasteiger partial charge in [0.15, 0.2) is 5.78 Å². The summed E-state index contributed by atoms with van der Waals surface area (Å²) in [4.78, 5) is 12.2. The maximum Gasteiger partial charge on any atom is 0.416 e. The van der Waals surface area contributed by atoms with Crippen molar-refractivity contribution in [3.8, 4) is 0 Å². The second kappa shape index (κ2) is 6.39. The zero-order valence-corrected chi connectivity index (χ0v) is 13.4. The molecule has 21 heavy (non-hydrogen) atoms. The van der Waals surface area contributed by atoms with Crippen LogP contribution in [0.1, 0.15) is 56.5 Å². The molecule has 0 aliphatic heterocycles. The molecule has 0 radical (unpaired) electrons. The molecule has 0 bridgehead atoms. The van der Waals surface area contributed by atoms with E-state index in [4.69, 9.17) is 11.6 Å². The highest BCUT2D eigenvalue weighted by molar-refractivity contribution is 6.34. The van der Waals surface area contributed by atoms with Gasteiger partial charge in [-0.05, 0) is 36.0 Å². The van der Waals surface area contributed by atoms with Gasteiger partial charge in [-0.1, -0.05) is 39.3 Å². The van der Waals surface area contributed by atoms with Gasteiger partial charge in [-0.25, -0.2) is 0 Å². The molecular formula is C16H20ClF3O. The first-order chi connectivity index (χ1) is 9.40.